The fourth-order valence-electron chi connectivity index (χ4n) is 10.4. The number of anilines is 3. The van der Waals surface area contributed by atoms with Gasteiger partial charge in [-0.05, 0) is 174 Å². The van der Waals surface area contributed by atoms with Crippen LogP contribution in [0.25, 0.3) is 0 Å². The van der Waals surface area contributed by atoms with Crippen molar-refractivity contribution in [3.63, 3.8) is 0 Å². The summed E-state index contributed by atoms with van der Waals surface area (Å²) >= 11 is 32.8. The van der Waals surface area contributed by atoms with Gasteiger partial charge < -0.3 is 40.9 Å². The minimum atomic E-state index is -5.37. The molecule has 0 fully saturated rings. The van der Waals surface area contributed by atoms with Crippen molar-refractivity contribution in [3.05, 3.63) is 174 Å². The number of alkyl halides is 13. The van der Waals surface area contributed by atoms with Gasteiger partial charge in [0.15, 0.2) is 0 Å². The maximum absolute atomic E-state index is 16.9. The van der Waals surface area contributed by atoms with Gasteiger partial charge in [-0.1, -0.05) is 79.5 Å². The van der Waals surface area contributed by atoms with Crippen LogP contribution in [0, 0.1) is 0 Å². The summed E-state index contributed by atoms with van der Waals surface area (Å²) in [7, 11) is -9.67. The monoisotopic (exact) mass is 2660 g/mol. The number of halogens is 21. The summed E-state index contributed by atoms with van der Waals surface area (Å²) in [5.41, 5.74) is -18.7. The minimum absolute atomic E-state index is 0. The van der Waals surface area contributed by atoms with Crippen LogP contribution in [0.15, 0.2) is 109 Å². The van der Waals surface area contributed by atoms with Crippen molar-refractivity contribution in [1.82, 2.24) is 0 Å². The molecule has 0 aliphatic carbocycles. The smallest absolute Gasteiger partial charge is 1.00 e. The molecule has 0 aromatic heterocycles. The van der Waals surface area contributed by atoms with Crippen LogP contribution < -0.4 is 191 Å². The molecule has 3 heterocycles. The average Bonchev–Trinajstić information content (AvgIpc) is 1.58. The molecule has 0 saturated carbocycles. The van der Waals surface area contributed by atoms with Gasteiger partial charge in [-0.15, -0.1) is 0 Å². The molecule has 24 nitrogen and oxygen atoms in total. The zero-order valence-electron chi connectivity index (χ0n) is 65.9. The molecule has 6 aromatic carbocycles. The summed E-state index contributed by atoms with van der Waals surface area (Å²) in [4.78, 5) is 70.7. The Hall–Kier alpha value is 0.964. The molecule has 0 bridgehead atoms. The second-order valence-corrected chi connectivity index (χ2v) is 49.3. The molecule has 120 heavy (non-hydrogen) atoms. The van der Waals surface area contributed by atoms with E-state index in [1.165, 1.54) is 63.8 Å². The van der Waals surface area contributed by atoms with Crippen molar-refractivity contribution in [2.75, 3.05) is 56.0 Å². The summed E-state index contributed by atoms with van der Waals surface area (Å²) in [6.07, 6.45) is -14.2. The quantitative estimate of drug-likeness (QED) is 0.0145. The number of hydrogen-bond donors (Lipinski definition) is 2. The Balaban J connectivity index is -0.00000152. The Morgan fingerprint density at radius 2 is 0.775 bits per heavy atom. The number of carbonyl (C=O) groups excluding carboxylic acids is 4. The van der Waals surface area contributed by atoms with E-state index in [0.29, 0.717) is 53.4 Å². The maximum Gasteiger partial charge on any atom is 1.00 e. The number of nitrogens with one attached hydrogen (secondary N) is 1. The van der Waals surface area contributed by atoms with Crippen LogP contribution in [0.3, 0.4) is 0 Å². The summed E-state index contributed by atoms with van der Waals surface area (Å²) in [5, 5.41) is 10.8. The number of amides is 3. The van der Waals surface area contributed by atoms with Gasteiger partial charge in [0.2, 0.25) is 17.0 Å². The molecule has 668 valence electrons. The molecule has 3 aliphatic rings. The number of ether oxygens (including phenoxy) is 3. The van der Waals surface area contributed by atoms with Crippen molar-refractivity contribution in [1.29, 1.82) is 0 Å². The third-order valence-corrected chi connectivity index (χ3v) is 19.8. The van der Waals surface area contributed by atoms with E-state index in [2.05, 4.69) is 89.2 Å². The predicted molar refractivity (Wildman–Crippen MR) is 448 cm³/mol. The van der Waals surface area contributed by atoms with E-state index in [0.717, 1.165) is 36.4 Å². The zero-order chi connectivity index (χ0) is 89.5. The first kappa shape index (κ1) is 123. The van der Waals surface area contributed by atoms with Crippen LogP contribution in [0.2, 0.25) is 15.1 Å². The van der Waals surface area contributed by atoms with Crippen molar-refractivity contribution in [2.24, 2.45) is 0 Å². The molecule has 2 N–H and O–H groups in total. The number of hydrogen-bond acceptors (Lipinski definition) is 20. The molecule has 0 radical (unpaired) electrons. The Morgan fingerprint density at radius 1 is 0.500 bits per heavy atom. The maximum atomic E-state index is 16.9. The molecular weight excluding hydrogens is 2580 g/mol. The number of carbonyl (C=O) groups is 4. The molecule has 3 aliphatic heterocycles. The van der Waals surface area contributed by atoms with Gasteiger partial charge in [0.05, 0.1) is 71.8 Å². The molecule has 3 amide bonds. The van der Waals surface area contributed by atoms with E-state index >= 15 is 13.2 Å². The fraction of sp³-hybridized carbons (Fsp3) is 0.429. The third kappa shape index (κ3) is 34.8. The largest absolute Gasteiger partial charge is 1.00 e. The Bertz CT molecular complexity index is 4570. The first-order valence-corrected chi connectivity index (χ1v) is 56.9. The average molecular weight is 2660 g/mol. The Labute approximate surface area is 878 Å². The van der Waals surface area contributed by atoms with E-state index in [9.17, 15) is 72.5 Å². The zero-order valence-corrected chi connectivity index (χ0v) is 93.9. The van der Waals surface area contributed by atoms with E-state index < -0.39 is 157 Å². The van der Waals surface area contributed by atoms with Gasteiger partial charge in [0, 0.05) is 91.4 Å². The topological polar surface area (TPSA) is 306 Å². The Morgan fingerprint density at radius 3 is 1.04 bits per heavy atom. The van der Waals surface area contributed by atoms with Gasteiger partial charge in [0.25, 0.3) is 32.0 Å². The number of phosphoric acid groups is 3. The number of nitrogens with zero attached hydrogens (tertiary/aromatic N) is 2. The molecule has 6 aromatic rings. The molecule has 0 saturated heterocycles. The van der Waals surface area contributed by atoms with Gasteiger partial charge >= 0.3 is 222 Å². The number of methoxy groups -OCH3 is 3. The number of fused-ring (bicyclic) bond motifs is 3. The van der Waals surface area contributed by atoms with E-state index in [1.54, 1.807) is 83.1 Å². The Kier molecular flexibility index (Phi) is 52.0. The minimum Gasteiger partial charge on any atom is -1.00 e. The third-order valence-electron chi connectivity index (χ3n) is 14.4. The summed E-state index contributed by atoms with van der Waals surface area (Å²) in [5.74, 6) is -3.98. The summed E-state index contributed by atoms with van der Waals surface area (Å²) in [6.45, 7) is 17.7. The summed E-state index contributed by atoms with van der Waals surface area (Å²) < 4.78 is 255. The number of rotatable bonds is 19. The molecular formula is C70H81Cl4Cs2F12I5N3O21P3-2. The normalized spacial score (nSPS) is 17.3. The second-order valence-electron chi connectivity index (χ2n) is 27.3. The van der Waals surface area contributed by atoms with Crippen molar-refractivity contribution in [2.45, 2.75) is 156 Å². The SMILES string of the molecule is C.C.CC(C)(C)OP(=O)(OCCl)OC(C)(C)C.COc1ccc(Cl)cc1C1(F)C(=O)N(COP(=O)(OC(C)(C)C)OC(C)(C)C)c2cc(C(F)(F)F)ccc21.COc1ccc(Cl)cc1C1(F)C(=O)N(COP(=O)([O-])O)c2cc(C(F)(F)F)ccc21.COc1ccc(Cl)cc1C1(F)C(=O)Nc2cc(C(F)(F)F)ccc21.II.I[I-]I.O=CO[O-].[Cs+].[Cs+].[H-]. The van der Waals surface area contributed by atoms with Gasteiger partial charge in [-0.2, -0.15) is 39.5 Å². The molecule has 50 heteroatoms. The molecule has 0 spiro atoms. The van der Waals surface area contributed by atoms with Crippen LogP contribution in [-0.4, -0.2) is 92.3 Å². The van der Waals surface area contributed by atoms with Crippen LogP contribution >= 0.6 is 144 Å². The van der Waals surface area contributed by atoms with Gasteiger partial charge in [0.1, 0.15) is 36.8 Å². The van der Waals surface area contributed by atoms with Crippen LogP contribution in [0.1, 0.15) is 149 Å². The van der Waals surface area contributed by atoms with Crippen LogP contribution in [-0.2, 0) is 105 Å². The fourth-order valence-corrected chi connectivity index (χ4v) is 14.9. The molecule has 4 unspecified atom stereocenters. The first-order valence-electron chi connectivity index (χ1n) is 32.0. The van der Waals surface area contributed by atoms with Crippen LogP contribution in [0.4, 0.5) is 69.7 Å². The van der Waals surface area contributed by atoms with Crippen molar-refractivity contribution < 1.29 is 304 Å². The van der Waals surface area contributed by atoms with Gasteiger partial charge in [-0.3, -0.25) is 65.2 Å². The first-order chi connectivity index (χ1) is 53.0. The van der Waals surface area contributed by atoms with E-state index in [-0.39, 0.29) is 221 Å². The molecule has 4 atom stereocenters. The van der Waals surface area contributed by atoms with Crippen LogP contribution in [0.5, 0.6) is 17.2 Å². The second kappa shape index (κ2) is 50.7. The number of benzene rings is 6. The van der Waals surface area contributed by atoms with E-state index in [1.807, 2.05) is 0 Å². The number of phosphoric ester groups is 3. The van der Waals surface area contributed by atoms with Crippen molar-refractivity contribution in [3.8, 4) is 17.2 Å². The van der Waals surface area contributed by atoms with Gasteiger partial charge in [-0.25, -0.2) is 22.3 Å². The molecule has 9 rings (SSSR count). The van der Waals surface area contributed by atoms with Crippen molar-refractivity contribution >= 4 is 186 Å². The standard InChI is InChI=1S/C25H29ClF4NO6P.C17H13ClF4NO6P.C16H10ClF4NO2.C9H20ClO4P.CH2O3.2CH4.2Cs.I3.I2.H/c1-22(2,3)36-38(33,37-23(4,5)6)35-14-31-19-12-15(25(28,29)30)8-10-17(19)24(27,21(31)32)18-13-16(26)9-11-20(18)34-7;1-28-14-5-3-10(18)7-12(14)16(19)11-4-2-9(17(20,21)22)6-13(11)23(15(16)24)8-29-30(25,26)27;1-24-13-5-3-9(17)7-11(13)15(18)10-4-2-8(16(19,20)21)6-12(10)22-14(15)23;1-8(2,3)13-15(11,12-7-10)14-9(4,5)6;2-1-4-3;;;;;1-3-2;1-2;/h8-13H,14H2,1-7H3;2-7H,8H2,1H3,(H2,25,26,27);2-7H,1H3,(H,22,23);7H2,1-6H3;1,3H;2*1H4;;;;;/q;;;;;;;2*+1;-1;;-1/p-2. The predicted octanol–water partition coefficient (Wildman–Crippen LogP) is 13.8. The summed E-state index contributed by atoms with van der Waals surface area (Å²) in [6, 6.07) is 17.7. The van der Waals surface area contributed by atoms with E-state index in [4.69, 9.17) is 103 Å².